The molecule has 0 atom stereocenters. The lowest BCUT2D eigenvalue weighted by Crippen LogP contribution is -2.04. The molecule has 0 fully saturated rings. The van der Waals surface area contributed by atoms with E-state index in [9.17, 15) is 4.39 Å². The Balaban J connectivity index is 2.58. The van der Waals surface area contributed by atoms with Crippen LogP contribution in [-0.2, 0) is 0 Å². The van der Waals surface area contributed by atoms with Crippen molar-refractivity contribution >= 4 is 6.08 Å². The first kappa shape index (κ1) is 8.90. The summed E-state index contributed by atoms with van der Waals surface area (Å²) >= 11 is 0. The van der Waals surface area contributed by atoms with Gasteiger partial charge in [-0.2, -0.15) is 0 Å². The Hall–Kier alpha value is -1.19. The van der Waals surface area contributed by atoms with Crippen LogP contribution in [0.4, 0.5) is 4.39 Å². The quantitative estimate of drug-likeness (QED) is 0.673. The molecule has 0 bridgehead atoms. The van der Waals surface area contributed by atoms with Gasteiger partial charge in [-0.25, -0.2) is 9.87 Å². The van der Waals surface area contributed by atoms with Gasteiger partial charge in [0.2, 0.25) is 0 Å². The van der Waals surface area contributed by atoms with Crippen LogP contribution >= 0.6 is 0 Å². The lowest BCUT2D eigenvalue weighted by molar-refractivity contribution is 0.180. The third-order valence-corrected chi connectivity index (χ3v) is 1.39. The lowest BCUT2D eigenvalue weighted by atomic mass is 10.2. The SMILES string of the molecule is ONC/C=C/c1ccc(F)cc1. The Labute approximate surface area is 70.3 Å². The maximum atomic E-state index is 12.4. The van der Waals surface area contributed by atoms with E-state index in [1.54, 1.807) is 24.3 Å². The van der Waals surface area contributed by atoms with Gasteiger partial charge in [-0.3, -0.25) is 0 Å². The van der Waals surface area contributed by atoms with Crippen molar-refractivity contribution in [2.75, 3.05) is 6.54 Å². The molecule has 0 amide bonds. The van der Waals surface area contributed by atoms with Crippen LogP contribution in [0, 0.1) is 5.82 Å². The number of hydrogen-bond donors (Lipinski definition) is 2. The van der Waals surface area contributed by atoms with Crippen molar-refractivity contribution in [3.05, 3.63) is 41.7 Å². The van der Waals surface area contributed by atoms with E-state index in [-0.39, 0.29) is 5.82 Å². The lowest BCUT2D eigenvalue weighted by Gasteiger charge is -1.92. The summed E-state index contributed by atoms with van der Waals surface area (Å²) in [6.45, 7) is 0.386. The molecule has 64 valence electrons. The van der Waals surface area contributed by atoms with Crippen LogP contribution in [0.1, 0.15) is 5.56 Å². The maximum Gasteiger partial charge on any atom is 0.123 e. The zero-order valence-corrected chi connectivity index (χ0v) is 6.50. The molecule has 2 nitrogen and oxygen atoms in total. The predicted octanol–water partition coefficient (Wildman–Crippen LogP) is 1.82. The van der Waals surface area contributed by atoms with Crippen LogP contribution in [0.3, 0.4) is 0 Å². The Morgan fingerprint density at radius 3 is 2.58 bits per heavy atom. The van der Waals surface area contributed by atoms with Gasteiger partial charge in [0.25, 0.3) is 0 Å². The van der Waals surface area contributed by atoms with Crippen molar-refractivity contribution in [3.63, 3.8) is 0 Å². The molecule has 0 aliphatic rings. The fourth-order valence-electron chi connectivity index (χ4n) is 0.822. The van der Waals surface area contributed by atoms with Crippen molar-refractivity contribution in [2.45, 2.75) is 0 Å². The monoisotopic (exact) mass is 167 g/mol. The minimum Gasteiger partial charge on any atom is -0.317 e. The van der Waals surface area contributed by atoms with Crippen LogP contribution < -0.4 is 5.48 Å². The summed E-state index contributed by atoms with van der Waals surface area (Å²) < 4.78 is 12.4. The zero-order valence-electron chi connectivity index (χ0n) is 6.50. The van der Waals surface area contributed by atoms with E-state index >= 15 is 0 Å². The summed E-state index contributed by atoms with van der Waals surface area (Å²) in [5, 5.41) is 8.23. The van der Waals surface area contributed by atoms with E-state index in [1.807, 2.05) is 5.48 Å². The van der Waals surface area contributed by atoms with Gasteiger partial charge in [-0.05, 0) is 17.7 Å². The Morgan fingerprint density at radius 1 is 1.33 bits per heavy atom. The van der Waals surface area contributed by atoms with E-state index in [0.29, 0.717) is 6.54 Å². The van der Waals surface area contributed by atoms with Gasteiger partial charge in [0, 0.05) is 6.54 Å². The summed E-state index contributed by atoms with van der Waals surface area (Å²) in [6.07, 6.45) is 3.54. The molecule has 3 heteroatoms. The third kappa shape index (κ3) is 2.82. The second-order valence-corrected chi connectivity index (χ2v) is 2.32. The topological polar surface area (TPSA) is 32.3 Å². The number of rotatable bonds is 3. The van der Waals surface area contributed by atoms with Crippen LogP contribution in [0.5, 0.6) is 0 Å². The minimum atomic E-state index is -0.243. The van der Waals surface area contributed by atoms with Gasteiger partial charge in [-0.1, -0.05) is 24.3 Å². The van der Waals surface area contributed by atoms with E-state index in [4.69, 9.17) is 5.21 Å². The van der Waals surface area contributed by atoms with Gasteiger partial charge in [-0.15, -0.1) is 0 Å². The van der Waals surface area contributed by atoms with Crippen molar-refractivity contribution in [1.29, 1.82) is 0 Å². The van der Waals surface area contributed by atoms with Crippen LogP contribution in [0.2, 0.25) is 0 Å². The highest BCUT2D eigenvalue weighted by Crippen LogP contribution is 2.03. The molecule has 0 radical (unpaired) electrons. The summed E-state index contributed by atoms with van der Waals surface area (Å²) in [6, 6.07) is 6.13. The first-order valence-electron chi connectivity index (χ1n) is 3.62. The average molecular weight is 167 g/mol. The normalized spacial score (nSPS) is 10.8. The zero-order chi connectivity index (χ0) is 8.81. The van der Waals surface area contributed by atoms with Gasteiger partial charge in [0.05, 0.1) is 0 Å². The smallest absolute Gasteiger partial charge is 0.123 e. The highest BCUT2D eigenvalue weighted by molar-refractivity contribution is 5.48. The Morgan fingerprint density at radius 2 is 2.00 bits per heavy atom. The maximum absolute atomic E-state index is 12.4. The molecule has 0 saturated carbocycles. The first-order valence-corrected chi connectivity index (χ1v) is 3.62. The average Bonchev–Trinajstić information content (AvgIpc) is 2.09. The summed E-state index contributed by atoms with van der Waals surface area (Å²) in [5.74, 6) is -0.243. The van der Waals surface area contributed by atoms with Crippen LogP contribution in [0.15, 0.2) is 30.3 Å². The van der Waals surface area contributed by atoms with Gasteiger partial charge < -0.3 is 5.21 Å². The second kappa shape index (κ2) is 4.64. The van der Waals surface area contributed by atoms with E-state index in [2.05, 4.69) is 0 Å². The fourth-order valence-corrected chi connectivity index (χ4v) is 0.822. The Bertz CT molecular complexity index is 256. The van der Waals surface area contributed by atoms with Crippen molar-refractivity contribution < 1.29 is 9.60 Å². The molecule has 0 unspecified atom stereocenters. The molecular weight excluding hydrogens is 157 g/mol. The number of nitrogens with one attached hydrogen (secondary N) is 1. The third-order valence-electron chi connectivity index (χ3n) is 1.39. The summed E-state index contributed by atoms with van der Waals surface area (Å²) in [4.78, 5) is 0. The second-order valence-electron chi connectivity index (χ2n) is 2.32. The summed E-state index contributed by atoms with van der Waals surface area (Å²) in [7, 11) is 0. The predicted molar refractivity (Wildman–Crippen MR) is 45.2 cm³/mol. The van der Waals surface area contributed by atoms with Gasteiger partial charge >= 0.3 is 0 Å². The molecule has 0 heterocycles. The highest BCUT2D eigenvalue weighted by atomic mass is 19.1. The number of hydroxylamine groups is 1. The molecular formula is C9H10FNO. The van der Waals surface area contributed by atoms with Crippen molar-refractivity contribution in [3.8, 4) is 0 Å². The first-order chi connectivity index (χ1) is 5.83. The number of benzene rings is 1. The number of hydrogen-bond acceptors (Lipinski definition) is 2. The molecule has 1 aromatic rings. The van der Waals surface area contributed by atoms with Gasteiger partial charge in [0.1, 0.15) is 5.82 Å². The van der Waals surface area contributed by atoms with Crippen molar-refractivity contribution in [2.24, 2.45) is 0 Å². The molecule has 1 rings (SSSR count). The number of halogens is 1. The van der Waals surface area contributed by atoms with E-state index in [1.165, 1.54) is 12.1 Å². The standard InChI is InChI=1S/C9H10FNO/c10-9-5-3-8(4-6-9)2-1-7-11-12/h1-6,11-12H,7H2/b2-1+. The molecule has 0 aliphatic heterocycles. The van der Waals surface area contributed by atoms with Crippen LogP contribution in [-0.4, -0.2) is 11.8 Å². The van der Waals surface area contributed by atoms with Crippen LogP contribution in [0.25, 0.3) is 6.08 Å². The molecule has 1 aromatic carbocycles. The minimum absolute atomic E-state index is 0.243. The molecule has 12 heavy (non-hydrogen) atoms. The Kier molecular flexibility index (Phi) is 3.44. The molecule has 0 spiro atoms. The molecule has 0 aliphatic carbocycles. The van der Waals surface area contributed by atoms with E-state index < -0.39 is 0 Å². The summed E-state index contributed by atoms with van der Waals surface area (Å²) in [5.41, 5.74) is 2.90. The van der Waals surface area contributed by atoms with Crippen molar-refractivity contribution in [1.82, 2.24) is 5.48 Å². The fraction of sp³-hybridized carbons (Fsp3) is 0.111. The van der Waals surface area contributed by atoms with Gasteiger partial charge in [0.15, 0.2) is 0 Å². The molecule has 2 N–H and O–H groups in total. The molecule has 0 aromatic heterocycles. The highest BCUT2D eigenvalue weighted by Gasteiger charge is 1.87. The largest absolute Gasteiger partial charge is 0.317 e. The molecule has 0 saturated heterocycles. The van der Waals surface area contributed by atoms with E-state index in [0.717, 1.165) is 5.56 Å².